The van der Waals surface area contributed by atoms with Gasteiger partial charge in [-0.2, -0.15) is 0 Å². The Kier molecular flexibility index (Phi) is 6.24. The Morgan fingerprint density at radius 1 is 1.11 bits per heavy atom. The summed E-state index contributed by atoms with van der Waals surface area (Å²) in [5.74, 6) is 0.792. The topological polar surface area (TPSA) is 58.6 Å². The molecule has 3 rings (SSSR count). The Morgan fingerprint density at radius 3 is 2.59 bits per heavy atom. The van der Waals surface area contributed by atoms with Gasteiger partial charge in [0.05, 0.1) is 13.2 Å². The van der Waals surface area contributed by atoms with Crippen molar-refractivity contribution in [1.29, 1.82) is 0 Å². The van der Waals surface area contributed by atoms with Crippen LogP contribution in [-0.2, 0) is 4.79 Å². The molecule has 5 nitrogen and oxygen atoms in total. The van der Waals surface area contributed by atoms with Gasteiger partial charge >= 0.3 is 0 Å². The lowest BCUT2D eigenvalue weighted by molar-refractivity contribution is -0.134. The molecule has 0 radical (unpaired) electrons. The minimum atomic E-state index is -0.0862. The number of methoxy groups -OCH3 is 1. The molecule has 0 saturated carbocycles. The second-order valence-electron chi connectivity index (χ2n) is 6.84. The zero-order valence-electron chi connectivity index (χ0n) is 15.9. The predicted molar refractivity (Wildman–Crippen MR) is 105 cm³/mol. The van der Waals surface area contributed by atoms with Crippen LogP contribution in [0.25, 0.3) is 0 Å². The molecule has 1 saturated heterocycles. The third kappa shape index (κ3) is 4.55. The van der Waals surface area contributed by atoms with Crippen LogP contribution < -0.4 is 10.1 Å². The van der Waals surface area contributed by atoms with Gasteiger partial charge in [-0.1, -0.05) is 48.0 Å². The zero-order chi connectivity index (χ0) is 19.2. The Bertz CT molecular complexity index is 801. The van der Waals surface area contributed by atoms with E-state index in [0.29, 0.717) is 18.7 Å². The molecule has 1 N–H and O–H groups in total. The normalized spacial score (nSPS) is 16.8. The highest BCUT2D eigenvalue weighted by Crippen LogP contribution is 2.30. The highest BCUT2D eigenvalue weighted by Gasteiger charge is 2.29. The van der Waals surface area contributed by atoms with Crippen LogP contribution in [0.1, 0.15) is 40.4 Å². The number of benzene rings is 2. The monoisotopic (exact) mass is 366 g/mol. The Balaban J connectivity index is 1.68. The van der Waals surface area contributed by atoms with Gasteiger partial charge in [-0.3, -0.25) is 9.59 Å². The number of hydrogen-bond donors (Lipinski definition) is 1. The Labute approximate surface area is 160 Å². The van der Waals surface area contributed by atoms with E-state index in [4.69, 9.17) is 4.74 Å². The number of ketones is 1. The standard InChI is InChI=1S/C22H26N2O3/c1-16-7-9-17(10-8-16)20(25)11-12-22(26)24-14-13-23-15-19(24)18-5-3-4-6-21(18)27-2/h3-10,19,23H,11-15H2,1-2H3. The van der Waals surface area contributed by atoms with E-state index >= 15 is 0 Å². The molecular formula is C22H26N2O3. The van der Waals surface area contributed by atoms with Crippen molar-refractivity contribution in [2.45, 2.75) is 25.8 Å². The number of nitrogens with zero attached hydrogens (tertiary/aromatic N) is 1. The van der Waals surface area contributed by atoms with Crippen LogP contribution in [0.4, 0.5) is 0 Å². The van der Waals surface area contributed by atoms with Gasteiger partial charge in [0.2, 0.25) is 5.91 Å². The van der Waals surface area contributed by atoms with E-state index in [0.717, 1.165) is 23.4 Å². The van der Waals surface area contributed by atoms with Crippen LogP contribution in [0.15, 0.2) is 48.5 Å². The summed E-state index contributed by atoms with van der Waals surface area (Å²) in [4.78, 5) is 27.1. The van der Waals surface area contributed by atoms with Crippen LogP contribution in [0.5, 0.6) is 5.75 Å². The zero-order valence-corrected chi connectivity index (χ0v) is 15.9. The molecule has 1 heterocycles. The van der Waals surface area contributed by atoms with Crippen molar-refractivity contribution < 1.29 is 14.3 Å². The third-order valence-corrected chi connectivity index (χ3v) is 5.00. The lowest BCUT2D eigenvalue weighted by Gasteiger charge is -2.37. The second kappa shape index (κ2) is 8.82. The van der Waals surface area contributed by atoms with Gasteiger partial charge in [0.15, 0.2) is 5.78 Å². The number of para-hydroxylation sites is 1. The van der Waals surface area contributed by atoms with Gasteiger partial charge in [-0.25, -0.2) is 0 Å². The molecule has 1 amide bonds. The third-order valence-electron chi connectivity index (χ3n) is 5.00. The summed E-state index contributed by atoms with van der Waals surface area (Å²) in [6, 6.07) is 15.2. The van der Waals surface area contributed by atoms with Crippen molar-refractivity contribution >= 4 is 11.7 Å². The Morgan fingerprint density at radius 2 is 1.85 bits per heavy atom. The average molecular weight is 366 g/mol. The number of carbonyl (C=O) groups is 2. The molecular weight excluding hydrogens is 340 g/mol. The van der Waals surface area contributed by atoms with Gasteiger partial charge in [-0.05, 0) is 13.0 Å². The first-order valence-corrected chi connectivity index (χ1v) is 9.33. The molecule has 27 heavy (non-hydrogen) atoms. The van der Waals surface area contributed by atoms with Crippen LogP contribution in [0.3, 0.4) is 0 Å². The van der Waals surface area contributed by atoms with E-state index in [-0.39, 0.29) is 30.6 Å². The Hall–Kier alpha value is -2.66. The highest BCUT2D eigenvalue weighted by molar-refractivity contribution is 5.98. The molecule has 2 aromatic carbocycles. The summed E-state index contributed by atoms with van der Waals surface area (Å²) >= 11 is 0. The number of aryl methyl sites for hydroxylation is 1. The maximum Gasteiger partial charge on any atom is 0.223 e. The summed E-state index contributed by atoms with van der Waals surface area (Å²) in [5.41, 5.74) is 2.77. The van der Waals surface area contributed by atoms with E-state index in [1.54, 1.807) is 7.11 Å². The predicted octanol–water partition coefficient (Wildman–Crippen LogP) is 3.14. The maximum atomic E-state index is 12.9. The second-order valence-corrected chi connectivity index (χ2v) is 6.84. The maximum absolute atomic E-state index is 12.9. The van der Waals surface area contributed by atoms with Crippen molar-refractivity contribution in [3.8, 4) is 5.75 Å². The van der Waals surface area contributed by atoms with E-state index in [1.807, 2.05) is 60.4 Å². The highest BCUT2D eigenvalue weighted by atomic mass is 16.5. The summed E-state index contributed by atoms with van der Waals surface area (Å²) in [6.45, 7) is 4.04. The van der Waals surface area contributed by atoms with Crippen LogP contribution in [0, 0.1) is 6.92 Å². The summed E-state index contributed by atoms with van der Waals surface area (Å²) in [7, 11) is 1.64. The van der Waals surface area contributed by atoms with Gasteiger partial charge in [0.1, 0.15) is 5.75 Å². The van der Waals surface area contributed by atoms with E-state index < -0.39 is 0 Å². The molecule has 142 valence electrons. The fourth-order valence-electron chi connectivity index (χ4n) is 3.47. The molecule has 1 aliphatic heterocycles. The van der Waals surface area contributed by atoms with Crippen molar-refractivity contribution in [2.75, 3.05) is 26.7 Å². The van der Waals surface area contributed by atoms with Gasteiger partial charge in [0, 0.05) is 43.6 Å². The quantitative estimate of drug-likeness (QED) is 0.798. The SMILES string of the molecule is COc1ccccc1C1CNCCN1C(=O)CCC(=O)c1ccc(C)cc1. The first-order chi connectivity index (χ1) is 13.1. The lowest BCUT2D eigenvalue weighted by atomic mass is 10.0. The summed E-state index contributed by atoms with van der Waals surface area (Å²) in [6.07, 6.45) is 0.447. The van der Waals surface area contributed by atoms with Crippen molar-refractivity contribution in [3.05, 3.63) is 65.2 Å². The molecule has 5 heteroatoms. The van der Waals surface area contributed by atoms with Crippen molar-refractivity contribution in [3.63, 3.8) is 0 Å². The molecule has 0 spiro atoms. The van der Waals surface area contributed by atoms with Crippen LogP contribution in [-0.4, -0.2) is 43.3 Å². The first-order valence-electron chi connectivity index (χ1n) is 9.33. The molecule has 0 aromatic heterocycles. The molecule has 1 atom stereocenters. The van der Waals surface area contributed by atoms with Crippen molar-refractivity contribution in [1.82, 2.24) is 10.2 Å². The fraction of sp³-hybridized carbons (Fsp3) is 0.364. The number of nitrogens with one attached hydrogen (secondary N) is 1. The molecule has 1 unspecified atom stereocenters. The van der Waals surface area contributed by atoms with E-state index in [1.165, 1.54) is 0 Å². The number of amides is 1. The van der Waals surface area contributed by atoms with E-state index in [2.05, 4.69) is 5.32 Å². The number of piperazine rings is 1. The molecule has 0 aliphatic carbocycles. The smallest absolute Gasteiger partial charge is 0.223 e. The minimum Gasteiger partial charge on any atom is -0.496 e. The largest absolute Gasteiger partial charge is 0.496 e. The number of carbonyl (C=O) groups excluding carboxylic acids is 2. The minimum absolute atomic E-state index is 0.00678. The van der Waals surface area contributed by atoms with Gasteiger partial charge < -0.3 is 15.0 Å². The number of ether oxygens (including phenoxy) is 1. The summed E-state index contributed by atoms with van der Waals surface area (Å²) in [5, 5.41) is 3.35. The fourth-order valence-corrected chi connectivity index (χ4v) is 3.47. The van der Waals surface area contributed by atoms with Crippen LogP contribution in [0.2, 0.25) is 0 Å². The molecule has 2 aromatic rings. The molecule has 1 fully saturated rings. The number of Topliss-reactive ketones (excluding diaryl/α,β-unsaturated/α-hetero) is 1. The molecule has 1 aliphatic rings. The van der Waals surface area contributed by atoms with E-state index in [9.17, 15) is 9.59 Å². The van der Waals surface area contributed by atoms with Crippen LogP contribution >= 0.6 is 0 Å². The molecule has 0 bridgehead atoms. The van der Waals surface area contributed by atoms with Gasteiger partial charge in [0.25, 0.3) is 0 Å². The van der Waals surface area contributed by atoms with Crippen molar-refractivity contribution in [2.24, 2.45) is 0 Å². The lowest BCUT2D eigenvalue weighted by Crippen LogP contribution is -2.48. The number of rotatable bonds is 6. The summed E-state index contributed by atoms with van der Waals surface area (Å²) < 4.78 is 5.47. The average Bonchev–Trinajstić information content (AvgIpc) is 2.72. The first kappa shape index (κ1) is 19.1. The number of hydrogen-bond acceptors (Lipinski definition) is 4. The van der Waals surface area contributed by atoms with Gasteiger partial charge in [-0.15, -0.1) is 0 Å².